The average Bonchev–Trinajstić information content (AvgIpc) is 3.12. The molecule has 3 aromatic rings. The molecule has 0 aliphatic carbocycles. The van der Waals surface area contributed by atoms with Gasteiger partial charge < -0.3 is 19.5 Å². The molecule has 1 aliphatic rings. The molecule has 0 bridgehead atoms. The Bertz CT molecular complexity index is 1080. The van der Waals surface area contributed by atoms with Gasteiger partial charge in [-0.05, 0) is 44.9 Å². The molecule has 1 amide bonds. The van der Waals surface area contributed by atoms with Crippen LogP contribution >= 0.6 is 15.9 Å². The number of aryl methyl sites for hydroxylation is 2. The zero-order valence-corrected chi connectivity index (χ0v) is 18.8. The highest BCUT2D eigenvalue weighted by atomic mass is 79.9. The minimum Gasteiger partial charge on any atom is -0.496 e. The molecule has 0 spiro atoms. The highest BCUT2D eigenvalue weighted by Crippen LogP contribution is 2.30. The fourth-order valence-electron chi connectivity index (χ4n) is 3.90. The van der Waals surface area contributed by atoms with E-state index in [4.69, 9.17) is 9.26 Å². The number of methoxy groups -OCH3 is 1. The van der Waals surface area contributed by atoms with Crippen LogP contribution in [0.4, 0.5) is 5.82 Å². The van der Waals surface area contributed by atoms with Gasteiger partial charge in [0, 0.05) is 29.7 Å². The van der Waals surface area contributed by atoms with Crippen LogP contribution in [0.3, 0.4) is 0 Å². The monoisotopic (exact) mass is 473 g/mol. The van der Waals surface area contributed by atoms with Crippen molar-refractivity contribution in [3.63, 3.8) is 0 Å². The molecule has 1 N–H and O–H groups in total. The van der Waals surface area contributed by atoms with E-state index in [2.05, 4.69) is 41.3 Å². The van der Waals surface area contributed by atoms with Gasteiger partial charge in [-0.2, -0.15) is 4.98 Å². The van der Waals surface area contributed by atoms with E-state index in [9.17, 15) is 4.79 Å². The molecule has 4 rings (SSSR count). The Kier molecular flexibility index (Phi) is 5.90. The van der Waals surface area contributed by atoms with Crippen LogP contribution < -0.4 is 15.0 Å². The fraction of sp³-hybridized carbons (Fsp3) is 0.429. The van der Waals surface area contributed by atoms with Crippen LogP contribution in [0.15, 0.2) is 27.2 Å². The molecule has 30 heavy (non-hydrogen) atoms. The molecule has 0 saturated carbocycles. The topological polar surface area (TPSA) is 93.4 Å². The van der Waals surface area contributed by atoms with E-state index >= 15 is 0 Å². The summed E-state index contributed by atoms with van der Waals surface area (Å²) in [4.78, 5) is 24.0. The summed E-state index contributed by atoms with van der Waals surface area (Å²) in [5, 5.41) is 7.92. The lowest BCUT2D eigenvalue weighted by atomic mass is 9.96. The van der Waals surface area contributed by atoms with E-state index in [1.165, 1.54) is 0 Å². The number of ether oxygens (including phenoxy) is 1. The van der Waals surface area contributed by atoms with Gasteiger partial charge in [-0.25, -0.2) is 4.98 Å². The normalized spacial score (nSPS) is 16.7. The summed E-state index contributed by atoms with van der Waals surface area (Å²) in [7, 11) is 1.63. The van der Waals surface area contributed by atoms with Gasteiger partial charge in [0.1, 0.15) is 22.8 Å². The Morgan fingerprint density at radius 2 is 2.20 bits per heavy atom. The van der Waals surface area contributed by atoms with Crippen LogP contribution in [0.25, 0.3) is 11.1 Å². The lowest BCUT2D eigenvalue weighted by molar-refractivity contribution is -0.125. The predicted octanol–water partition coefficient (Wildman–Crippen LogP) is 3.54. The summed E-state index contributed by atoms with van der Waals surface area (Å²) in [6.07, 6.45) is 1.75. The van der Waals surface area contributed by atoms with Crippen LogP contribution in [0.5, 0.6) is 5.75 Å². The molecule has 1 atom stereocenters. The van der Waals surface area contributed by atoms with Crippen molar-refractivity contribution in [1.29, 1.82) is 0 Å². The molecular weight excluding hydrogens is 450 g/mol. The largest absolute Gasteiger partial charge is 0.496 e. The number of benzene rings is 1. The van der Waals surface area contributed by atoms with E-state index in [0.29, 0.717) is 24.6 Å². The van der Waals surface area contributed by atoms with Crippen molar-refractivity contribution >= 4 is 38.8 Å². The molecule has 1 aliphatic heterocycles. The first-order chi connectivity index (χ1) is 14.5. The number of carbonyl (C=O) groups is 1. The minimum absolute atomic E-state index is 0.0331. The van der Waals surface area contributed by atoms with E-state index in [1.54, 1.807) is 7.11 Å². The van der Waals surface area contributed by atoms with Gasteiger partial charge in [0.05, 0.1) is 18.7 Å². The Hall–Kier alpha value is -2.68. The van der Waals surface area contributed by atoms with Crippen molar-refractivity contribution in [2.75, 3.05) is 25.1 Å². The smallest absolute Gasteiger partial charge is 0.263 e. The number of piperidine rings is 1. The van der Waals surface area contributed by atoms with Gasteiger partial charge in [0.15, 0.2) is 0 Å². The summed E-state index contributed by atoms with van der Waals surface area (Å²) in [6.45, 7) is 5.56. The zero-order valence-electron chi connectivity index (χ0n) is 17.2. The number of aromatic nitrogens is 3. The van der Waals surface area contributed by atoms with Crippen LogP contribution in [0, 0.1) is 19.8 Å². The minimum atomic E-state index is -0.123. The molecule has 1 aromatic carbocycles. The van der Waals surface area contributed by atoms with Crippen molar-refractivity contribution < 1.29 is 14.1 Å². The number of hydrogen-bond donors (Lipinski definition) is 1. The molecule has 9 heteroatoms. The van der Waals surface area contributed by atoms with Gasteiger partial charge in [-0.3, -0.25) is 4.79 Å². The Labute approximate surface area is 183 Å². The average molecular weight is 474 g/mol. The van der Waals surface area contributed by atoms with Gasteiger partial charge in [0.25, 0.3) is 5.71 Å². The summed E-state index contributed by atoms with van der Waals surface area (Å²) < 4.78 is 11.7. The molecule has 1 saturated heterocycles. The maximum Gasteiger partial charge on any atom is 0.263 e. The Morgan fingerprint density at radius 1 is 1.37 bits per heavy atom. The second-order valence-electron chi connectivity index (χ2n) is 7.50. The van der Waals surface area contributed by atoms with Crippen LogP contribution in [0.1, 0.15) is 29.9 Å². The zero-order chi connectivity index (χ0) is 21.3. The number of nitrogens with one attached hydrogen (secondary N) is 1. The maximum absolute atomic E-state index is 12.9. The number of anilines is 1. The number of hydrogen-bond acceptors (Lipinski definition) is 7. The summed E-state index contributed by atoms with van der Waals surface area (Å²) in [6, 6.07) is 5.76. The third-order valence-electron chi connectivity index (χ3n) is 5.39. The SMILES string of the molecule is COc1ccc(Br)cc1CNC(=O)[C@@H]1CCCN(c2nc(C)nc3onc(C)c23)C1. The third kappa shape index (κ3) is 4.12. The van der Waals surface area contributed by atoms with Crippen LogP contribution in [-0.2, 0) is 11.3 Å². The van der Waals surface area contributed by atoms with Gasteiger partial charge in [-0.15, -0.1) is 0 Å². The predicted molar refractivity (Wildman–Crippen MR) is 117 cm³/mol. The number of rotatable bonds is 5. The summed E-state index contributed by atoms with van der Waals surface area (Å²) >= 11 is 3.47. The standard InChI is InChI=1S/C21H24BrN5O3/c1-12-18-19(24-13(2)25-21(18)30-26-12)27-8-4-5-14(11-27)20(28)23-10-15-9-16(22)6-7-17(15)29-3/h6-7,9,14H,4-5,8,10-11H2,1-3H3,(H,23,28)/t14-/m1/s1. The quantitative estimate of drug-likeness (QED) is 0.605. The number of nitrogens with zero attached hydrogens (tertiary/aromatic N) is 4. The number of fused-ring (bicyclic) bond motifs is 1. The molecule has 158 valence electrons. The molecule has 8 nitrogen and oxygen atoms in total. The Morgan fingerprint density at radius 3 is 3.00 bits per heavy atom. The summed E-state index contributed by atoms with van der Waals surface area (Å²) in [5.74, 6) is 2.09. The molecule has 2 aromatic heterocycles. The first-order valence-electron chi connectivity index (χ1n) is 9.92. The molecule has 0 radical (unpaired) electrons. The fourth-order valence-corrected chi connectivity index (χ4v) is 4.31. The van der Waals surface area contributed by atoms with Crippen LogP contribution in [-0.4, -0.2) is 41.2 Å². The number of carbonyl (C=O) groups excluding carboxylic acids is 1. The molecule has 3 heterocycles. The lowest BCUT2D eigenvalue weighted by Crippen LogP contribution is -2.43. The third-order valence-corrected chi connectivity index (χ3v) is 5.88. The maximum atomic E-state index is 12.9. The van der Waals surface area contributed by atoms with Crippen molar-refractivity contribution in [3.05, 3.63) is 39.8 Å². The van der Waals surface area contributed by atoms with Crippen molar-refractivity contribution in [2.45, 2.75) is 33.2 Å². The molecule has 0 unspecified atom stereocenters. The second kappa shape index (κ2) is 8.59. The summed E-state index contributed by atoms with van der Waals surface area (Å²) in [5.41, 5.74) is 2.18. The van der Waals surface area contributed by atoms with Gasteiger partial charge in [-0.1, -0.05) is 21.1 Å². The number of amides is 1. The lowest BCUT2D eigenvalue weighted by Gasteiger charge is -2.33. The van der Waals surface area contributed by atoms with Gasteiger partial charge >= 0.3 is 0 Å². The van der Waals surface area contributed by atoms with Crippen molar-refractivity contribution in [3.8, 4) is 5.75 Å². The van der Waals surface area contributed by atoms with Crippen molar-refractivity contribution in [2.24, 2.45) is 5.92 Å². The second-order valence-corrected chi connectivity index (χ2v) is 8.42. The Balaban J connectivity index is 1.49. The van der Waals surface area contributed by atoms with Crippen molar-refractivity contribution in [1.82, 2.24) is 20.4 Å². The molecule has 1 fully saturated rings. The first kappa shape index (κ1) is 20.6. The highest BCUT2D eigenvalue weighted by Gasteiger charge is 2.29. The van der Waals surface area contributed by atoms with Gasteiger partial charge in [0.2, 0.25) is 5.91 Å². The highest BCUT2D eigenvalue weighted by molar-refractivity contribution is 9.10. The van der Waals surface area contributed by atoms with E-state index in [1.807, 2.05) is 32.0 Å². The molecular formula is C21H24BrN5O3. The first-order valence-corrected chi connectivity index (χ1v) is 10.7. The number of halogens is 1. The van der Waals surface area contributed by atoms with E-state index in [0.717, 1.165) is 52.1 Å². The van der Waals surface area contributed by atoms with E-state index < -0.39 is 0 Å². The van der Waals surface area contributed by atoms with E-state index in [-0.39, 0.29) is 11.8 Å². The van der Waals surface area contributed by atoms with Crippen LogP contribution in [0.2, 0.25) is 0 Å².